The van der Waals surface area contributed by atoms with Crippen molar-refractivity contribution in [2.45, 2.75) is 25.7 Å². The van der Waals surface area contributed by atoms with Crippen LogP contribution < -0.4 is 9.64 Å². The molecule has 6 nitrogen and oxygen atoms in total. The topological polar surface area (TPSA) is 53.1 Å². The summed E-state index contributed by atoms with van der Waals surface area (Å²) in [5.41, 5.74) is 0.789. The van der Waals surface area contributed by atoms with Gasteiger partial charge in [-0.2, -0.15) is 0 Å². The molecular weight excluding hydrogens is 373 g/mol. The summed E-state index contributed by atoms with van der Waals surface area (Å²) in [5.74, 6) is -0.125. The lowest BCUT2D eigenvalue weighted by molar-refractivity contribution is -0.148. The second-order valence-electron chi connectivity index (χ2n) is 6.77. The van der Waals surface area contributed by atoms with Gasteiger partial charge in [-0.15, -0.1) is 12.4 Å². The average molecular weight is 400 g/mol. The number of nitrogens with zero attached hydrogens (tertiary/aromatic N) is 3. The van der Waals surface area contributed by atoms with E-state index in [4.69, 9.17) is 4.74 Å². The van der Waals surface area contributed by atoms with Gasteiger partial charge in [-0.3, -0.25) is 19.4 Å². The van der Waals surface area contributed by atoms with Crippen molar-refractivity contribution in [3.05, 3.63) is 24.0 Å². The fourth-order valence-electron chi connectivity index (χ4n) is 3.66. The lowest BCUT2D eigenvalue weighted by Crippen LogP contribution is -2.47. The molecule has 1 aromatic carbocycles. The van der Waals surface area contributed by atoms with Gasteiger partial charge >= 0.3 is 0 Å². The van der Waals surface area contributed by atoms with Gasteiger partial charge in [0.2, 0.25) is 11.8 Å². The molecule has 8 heteroatoms. The van der Waals surface area contributed by atoms with Crippen LogP contribution in [-0.4, -0.2) is 68.0 Å². The van der Waals surface area contributed by atoms with Crippen molar-refractivity contribution in [2.75, 3.05) is 51.3 Å². The minimum Gasteiger partial charge on any atom is -0.492 e. The van der Waals surface area contributed by atoms with Crippen LogP contribution in [0.1, 0.15) is 25.7 Å². The van der Waals surface area contributed by atoms with E-state index < -0.39 is 0 Å². The first-order chi connectivity index (χ1) is 12.6. The fraction of sp³-hybridized carbons (Fsp3) is 0.579. The summed E-state index contributed by atoms with van der Waals surface area (Å²) in [7, 11) is 1.49. The number of imide groups is 1. The van der Waals surface area contributed by atoms with E-state index >= 15 is 0 Å². The summed E-state index contributed by atoms with van der Waals surface area (Å²) >= 11 is 0. The lowest BCUT2D eigenvalue weighted by atomic mass is 10.1. The van der Waals surface area contributed by atoms with Crippen LogP contribution in [0.25, 0.3) is 0 Å². The highest BCUT2D eigenvalue weighted by molar-refractivity contribution is 5.97. The zero-order valence-electron chi connectivity index (χ0n) is 15.7. The van der Waals surface area contributed by atoms with Crippen molar-refractivity contribution >= 4 is 29.9 Å². The van der Waals surface area contributed by atoms with E-state index in [0.717, 1.165) is 44.8 Å². The molecule has 2 amide bonds. The maximum absolute atomic E-state index is 13.9. The van der Waals surface area contributed by atoms with Crippen LogP contribution in [0.4, 0.5) is 10.1 Å². The molecular formula is C19H27ClFN3O3. The Hall–Kier alpha value is -1.86. The van der Waals surface area contributed by atoms with Gasteiger partial charge in [0, 0.05) is 45.6 Å². The number of ether oxygens (including phenoxy) is 1. The number of carbonyl (C=O) groups is 2. The van der Waals surface area contributed by atoms with E-state index in [1.165, 1.54) is 18.1 Å². The molecule has 1 aromatic rings. The molecule has 3 rings (SSSR count). The summed E-state index contributed by atoms with van der Waals surface area (Å²) in [6.07, 6.45) is 2.44. The van der Waals surface area contributed by atoms with E-state index in [9.17, 15) is 14.0 Å². The highest BCUT2D eigenvalue weighted by Crippen LogP contribution is 2.31. The molecule has 2 saturated heterocycles. The number of piperidine rings is 1. The molecule has 0 aliphatic carbocycles. The zero-order chi connectivity index (χ0) is 18.5. The summed E-state index contributed by atoms with van der Waals surface area (Å²) in [4.78, 5) is 29.5. The molecule has 2 heterocycles. The molecule has 0 spiro atoms. The predicted molar refractivity (Wildman–Crippen MR) is 104 cm³/mol. The number of anilines is 1. The second-order valence-corrected chi connectivity index (χ2v) is 6.77. The number of methoxy groups -OCH3 is 1. The van der Waals surface area contributed by atoms with Gasteiger partial charge < -0.3 is 9.64 Å². The van der Waals surface area contributed by atoms with Gasteiger partial charge in [0.15, 0.2) is 11.6 Å². The Balaban J connectivity index is 0.00000261. The second kappa shape index (κ2) is 9.90. The number of halogens is 2. The Morgan fingerprint density at radius 2 is 1.70 bits per heavy atom. The normalized spacial score (nSPS) is 18.4. The quantitative estimate of drug-likeness (QED) is 0.687. The van der Waals surface area contributed by atoms with Crippen LogP contribution in [0.3, 0.4) is 0 Å². The molecule has 150 valence electrons. The Kier molecular flexibility index (Phi) is 7.86. The number of carbonyl (C=O) groups excluding carboxylic acids is 2. The Labute approximate surface area is 165 Å². The SMILES string of the molecule is COc1c(F)cccc1N1CCN(CCCN2C(=O)CCCC2=O)CC1.Cl. The third-order valence-corrected chi connectivity index (χ3v) is 5.10. The van der Waals surface area contributed by atoms with Crippen molar-refractivity contribution in [2.24, 2.45) is 0 Å². The highest BCUT2D eigenvalue weighted by Gasteiger charge is 2.26. The number of benzene rings is 1. The van der Waals surface area contributed by atoms with E-state index in [1.807, 2.05) is 6.07 Å². The maximum Gasteiger partial charge on any atom is 0.229 e. The van der Waals surface area contributed by atoms with Crippen molar-refractivity contribution in [1.29, 1.82) is 0 Å². The number of piperazine rings is 1. The number of likely N-dealkylation sites (tertiary alicyclic amines) is 1. The molecule has 2 aliphatic heterocycles. The molecule has 0 N–H and O–H groups in total. The number of amides is 2. The summed E-state index contributed by atoms with van der Waals surface area (Å²) in [6, 6.07) is 4.99. The summed E-state index contributed by atoms with van der Waals surface area (Å²) in [6.45, 7) is 4.67. The number of hydrogen-bond acceptors (Lipinski definition) is 5. The minimum absolute atomic E-state index is 0. The number of para-hydroxylation sites is 1. The molecule has 0 bridgehead atoms. The standard InChI is InChI=1S/C19H26FN3O3.ClH/c1-26-19-15(20)5-2-6-16(19)22-13-11-21(12-14-22)9-4-10-23-17(24)7-3-8-18(23)25;/h2,5-6H,3-4,7-14H2,1H3;1H. The molecule has 0 radical (unpaired) electrons. The van der Waals surface area contributed by atoms with Crippen LogP contribution >= 0.6 is 12.4 Å². The highest BCUT2D eigenvalue weighted by atomic mass is 35.5. The van der Waals surface area contributed by atoms with Gasteiger partial charge in [-0.05, 0) is 31.5 Å². The third-order valence-electron chi connectivity index (χ3n) is 5.10. The molecule has 0 unspecified atom stereocenters. The smallest absolute Gasteiger partial charge is 0.229 e. The molecule has 0 atom stereocenters. The van der Waals surface area contributed by atoms with Crippen molar-refractivity contribution in [1.82, 2.24) is 9.80 Å². The van der Waals surface area contributed by atoms with Gasteiger partial charge in [0.1, 0.15) is 0 Å². The monoisotopic (exact) mass is 399 g/mol. The van der Waals surface area contributed by atoms with Gasteiger partial charge in [0.25, 0.3) is 0 Å². The molecule has 0 aromatic heterocycles. The Morgan fingerprint density at radius 3 is 2.33 bits per heavy atom. The Morgan fingerprint density at radius 1 is 1.04 bits per heavy atom. The van der Waals surface area contributed by atoms with Crippen LogP contribution in [-0.2, 0) is 9.59 Å². The minimum atomic E-state index is -0.344. The largest absolute Gasteiger partial charge is 0.492 e. The number of rotatable bonds is 6. The van der Waals surface area contributed by atoms with E-state index in [0.29, 0.717) is 31.6 Å². The van der Waals surface area contributed by atoms with Crippen LogP contribution in [0, 0.1) is 5.82 Å². The van der Waals surface area contributed by atoms with Gasteiger partial charge in [-0.25, -0.2) is 4.39 Å². The molecule has 0 saturated carbocycles. The summed E-state index contributed by atoms with van der Waals surface area (Å²) in [5, 5.41) is 0. The molecule has 2 aliphatic rings. The first kappa shape index (κ1) is 21.4. The number of hydrogen-bond donors (Lipinski definition) is 0. The molecule has 27 heavy (non-hydrogen) atoms. The molecule has 2 fully saturated rings. The van der Waals surface area contributed by atoms with Crippen LogP contribution in [0.15, 0.2) is 18.2 Å². The third kappa shape index (κ3) is 5.11. The zero-order valence-corrected chi connectivity index (χ0v) is 16.5. The first-order valence-corrected chi connectivity index (χ1v) is 9.23. The van der Waals surface area contributed by atoms with Gasteiger partial charge in [-0.1, -0.05) is 6.07 Å². The maximum atomic E-state index is 13.9. The predicted octanol–water partition coefficient (Wildman–Crippen LogP) is 2.31. The lowest BCUT2D eigenvalue weighted by Gasteiger charge is -2.37. The van der Waals surface area contributed by atoms with Gasteiger partial charge in [0.05, 0.1) is 12.8 Å². The fourth-order valence-corrected chi connectivity index (χ4v) is 3.66. The van der Waals surface area contributed by atoms with Crippen molar-refractivity contribution < 1.29 is 18.7 Å². The summed E-state index contributed by atoms with van der Waals surface area (Å²) < 4.78 is 19.1. The van der Waals surface area contributed by atoms with Crippen molar-refractivity contribution in [3.8, 4) is 5.75 Å². The van der Waals surface area contributed by atoms with E-state index in [1.54, 1.807) is 6.07 Å². The van der Waals surface area contributed by atoms with Crippen molar-refractivity contribution in [3.63, 3.8) is 0 Å². The average Bonchev–Trinajstić information content (AvgIpc) is 2.64. The van der Waals surface area contributed by atoms with E-state index in [2.05, 4.69) is 9.80 Å². The van der Waals surface area contributed by atoms with Crippen LogP contribution in [0.2, 0.25) is 0 Å². The first-order valence-electron chi connectivity index (χ1n) is 9.23. The van der Waals surface area contributed by atoms with E-state index in [-0.39, 0.29) is 30.0 Å². The Bertz CT molecular complexity index is 650. The van der Waals surface area contributed by atoms with Crippen LogP contribution in [0.5, 0.6) is 5.75 Å².